The van der Waals surface area contributed by atoms with Gasteiger partial charge in [-0.25, -0.2) is 4.90 Å². The van der Waals surface area contributed by atoms with Crippen molar-refractivity contribution in [3.8, 4) is 11.3 Å². The lowest BCUT2D eigenvalue weighted by Crippen LogP contribution is -2.60. The first-order valence-electron chi connectivity index (χ1n) is 8.56. The van der Waals surface area contributed by atoms with Crippen molar-refractivity contribution in [1.29, 1.82) is 0 Å². The number of anilines is 1. The van der Waals surface area contributed by atoms with Crippen molar-refractivity contribution in [3.05, 3.63) is 67.3 Å². The van der Waals surface area contributed by atoms with Crippen LogP contribution < -0.4 is 15.1 Å². The van der Waals surface area contributed by atoms with Crippen molar-refractivity contribution in [2.45, 2.75) is 18.2 Å². The summed E-state index contributed by atoms with van der Waals surface area (Å²) in [5.74, 6) is 0.893. The number of hydrogen-bond donors (Lipinski definition) is 1. The summed E-state index contributed by atoms with van der Waals surface area (Å²) >= 11 is 6.88. The van der Waals surface area contributed by atoms with Crippen LogP contribution in [0.1, 0.15) is 18.8 Å². The molecule has 0 saturated carbocycles. The van der Waals surface area contributed by atoms with Crippen molar-refractivity contribution < 1.29 is 13.9 Å². The zero-order valence-corrected chi connectivity index (χ0v) is 19.7. The van der Waals surface area contributed by atoms with E-state index in [0.29, 0.717) is 37.4 Å². The lowest BCUT2D eigenvalue weighted by atomic mass is 10.0. The molecule has 2 aromatic heterocycles. The maximum absolute atomic E-state index is 13.0. The maximum atomic E-state index is 13.0. The molecule has 1 atom stereocenters. The smallest absolute Gasteiger partial charge is 0.325 e. The standard InChI is InChI=1S/C19H14BrIN4O3S/c1-3-8-29-19-22-17(27)15-11-6-4-5-7-13(11)24(10(2)26)18(25(15)23-19)14-9-12(20)16(21)28-14/h3-7,9,18H,1,8H2,2H3/p+1/t18-/m0/s1. The first-order valence-corrected chi connectivity index (χ1v) is 11.4. The minimum atomic E-state index is -0.734. The molecule has 0 aliphatic carbocycles. The van der Waals surface area contributed by atoms with E-state index in [0.717, 1.165) is 4.47 Å². The number of fused-ring (bicyclic) bond motifs is 3. The minimum absolute atomic E-state index is 0.189. The van der Waals surface area contributed by atoms with Crippen LogP contribution in [0.25, 0.3) is 11.3 Å². The van der Waals surface area contributed by atoms with Gasteiger partial charge in [0.25, 0.3) is 0 Å². The molecule has 29 heavy (non-hydrogen) atoms. The number of halogens is 2. The molecular formula is C19H15BrIN4O3S+. The molecule has 1 N–H and O–H groups in total. The second-order valence-electron chi connectivity index (χ2n) is 6.20. The number of benzene rings is 1. The highest BCUT2D eigenvalue weighted by atomic mass is 127. The number of carbonyl (C=O) groups is 1. The highest BCUT2D eigenvalue weighted by Gasteiger charge is 2.46. The summed E-state index contributed by atoms with van der Waals surface area (Å²) in [6, 6.07) is 9.08. The summed E-state index contributed by atoms with van der Waals surface area (Å²) in [6.07, 6.45) is 0.998. The zero-order valence-electron chi connectivity index (χ0n) is 15.2. The van der Waals surface area contributed by atoms with Crippen molar-refractivity contribution in [2.75, 3.05) is 10.7 Å². The van der Waals surface area contributed by atoms with Crippen molar-refractivity contribution in [2.24, 2.45) is 0 Å². The SMILES string of the molecule is C=CCSc1n[n+]2c(c(=O)[nH]1)-c1ccccc1N(C(C)=O)[C@@H]2c1cc(Br)c(I)o1. The van der Waals surface area contributed by atoms with Crippen molar-refractivity contribution in [1.82, 2.24) is 10.1 Å². The number of carbonyl (C=O) groups excluding carboxylic acids is 1. The molecule has 0 radical (unpaired) electrons. The van der Waals surface area contributed by atoms with Gasteiger partial charge in [-0.05, 0) is 32.7 Å². The Morgan fingerprint density at radius 2 is 2.28 bits per heavy atom. The summed E-state index contributed by atoms with van der Waals surface area (Å²) in [6.45, 7) is 5.19. The van der Waals surface area contributed by atoms with Gasteiger partial charge in [0.15, 0.2) is 9.53 Å². The quantitative estimate of drug-likeness (QED) is 0.217. The summed E-state index contributed by atoms with van der Waals surface area (Å²) in [4.78, 5) is 30.2. The second-order valence-corrected chi connectivity index (χ2v) is 9.05. The van der Waals surface area contributed by atoms with E-state index in [1.165, 1.54) is 18.7 Å². The number of H-pyrrole nitrogens is 1. The van der Waals surface area contributed by atoms with Gasteiger partial charge in [-0.3, -0.25) is 14.6 Å². The Morgan fingerprint density at radius 1 is 1.52 bits per heavy atom. The number of hydrogen-bond acceptors (Lipinski definition) is 5. The molecule has 148 valence electrons. The lowest BCUT2D eigenvalue weighted by molar-refractivity contribution is -0.764. The Kier molecular flexibility index (Phi) is 5.67. The Hall–Kier alpha value is -1.92. The van der Waals surface area contributed by atoms with Crippen LogP contribution in [0.2, 0.25) is 0 Å². The van der Waals surface area contributed by atoms with Gasteiger partial charge in [-0.1, -0.05) is 30.0 Å². The Balaban J connectivity index is 2.04. The van der Waals surface area contributed by atoms with Gasteiger partial charge in [-0.2, -0.15) is 0 Å². The Labute approximate surface area is 192 Å². The number of nitrogens with zero attached hydrogens (tertiary/aromatic N) is 3. The fourth-order valence-corrected chi connectivity index (χ4v) is 4.57. The van der Waals surface area contributed by atoms with Crippen LogP contribution in [0, 0.1) is 3.77 Å². The minimum Gasteiger partial charge on any atom is -0.445 e. The van der Waals surface area contributed by atoms with E-state index in [-0.39, 0.29) is 11.5 Å². The molecule has 0 spiro atoms. The van der Waals surface area contributed by atoms with Crippen molar-refractivity contribution >= 4 is 61.9 Å². The molecule has 1 aliphatic heterocycles. The van der Waals surface area contributed by atoms with Crippen LogP contribution >= 0.6 is 50.3 Å². The molecule has 4 rings (SSSR count). The molecule has 10 heteroatoms. The van der Waals surface area contributed by atoms with Crippen LogP contribution in [-0.4, -0.2) is 21.7 Å². The van der Waals surface area contributed by atoms with E-state index < -0.39 is 6.17 Å². The summed E-state index contributed by atoms with van der Waals surface area (Å²) < 4.78 is 8.90. The number of amides is 1. The Morgan fingerprint density at radius 3 is 2.93 bits per heavy atom. The molecule has 0 saturated heterocycles. The predicted octanol–water partition coefficient (Wildman–Crippen LogP) is 3.88. The van der Waals surface area contributed by atoms with Crippen LogP contribution in [0.3, 0.4) is 0 Å². The van der Waals surface area contributed by atoms with Gasteiger partial charge < -0.3 is 4.42 Å². The third-order valence-corrected chi connectivity index (χ3v) is 7.35. The van der Waals surface area contributed by atoms with E-state index in [1.54, 1.807) is 21.7 Å². The molecule has 0 bridgehead atoms. The number of rotatable bonds is 4. The van der Waals surface area contributed by atoms with Crippen LogP contribution in [0.4, 0.5) is 5.69 Å². The average molecular weight is 586 g/mol. The molecule has 3 heterocycles. The maximum Gasteiger partial charge on any atom is 0.325 e. The molecule has 3 aromatic rings. The van der Waals surface area contributed by atoms with E-state index in [4.69, 9.17) is 4.42 Å². The lowest BCUT2D eigenvalue weighted by Gasteiger charge is -2.29. The monoisotopic (exact) mass is 585 g/mol. The molecule has 1 aliphatic rings. The first-order chi connectivity index (χ1) is 13.9. The zero-order chi connectivity index (χ0) is 20.7. The number of aromatic amines is 1. The van der Waals surface area contributed by atoms with Crippen molar-refractivity contribution in [3.63, 3.8) is 0 Å². The fraction of sp³-hybridized carbons (Fsp3) is 0.158. The van der Waals surface area contributed by atoms with Crippen LogP contribution in [0.15, 0.2) is 61.8 Å². The van der Waals surface area contributed by atoms with E-state index in [2.05, 4.69) is 55.2 Å². The topological polar surface area (TPSA) is 83.1 Å². The van der Waals surface area contributed by atoms with Gasteiger partial charge in [0.05, 0.1) is 15.7 Å². The summed E-state index contributed by atoms with van der Waals surface area (Å²) in [7, 11) is 0. The highest BCUT2D eigenvalue weighted by Crippen LogP contribution is 2.38. The number of para-hydroxylation sites is 1. The van der Waals surface area contributed by atoms with Crippen LogP contribution in [0.5, 0.6) is 0 Å². The van der Waals surface area contributed by atoms with E-state index in [1.807, 2.05) is 24.3 Å². The predicted molar refractivity (Wildman–Crippen MR) is 122 cm³/mol. The first kappa shape index (κ1) is 20.4. The third-order valence-electron chi connectivity index (χ3n) is 4.35. The number of aromatic nitrogens is 3. The van der Waals surface area contributed by atoms with E-state index in [9.17, 15) is 9.59 Å². The average Bonchev–Trinajstić information content (AvgIpc) is 3.02. The van der Waals surface area contributed by atoms with E-state index >= 15 is 0 Å². The van der Waals surface area contributed by atoms with Crippen LogP contribution in [-0.2, 0) is 4.79 Å². The van der Waals surface area contributed by atoms with Gasteiger partial charge in [-0.15, -0.1) is 6.58 Å². The van der Waals surface area contributed by atoms with Gasteiger partial charge in [0.1, 0.15) is 0 Å². The number of furan rings is 1. The van der Waals surface area contributed by atoms with Gasteiger partial charge in [0, 0.05) is 46.4 Å². The van der Waals surface area contributed by atoms with Gasteiger partial charge in [0.2, 0.25) is 11.1 Å². The third kappa shape index (κ3) is 3.57. The summed E-state index contributed by atoms with van der Waals surface area (Å²) in [5, 5.41) is 5.08. The molecule has 0 fully saturated rings. The fourth-order valence-electron chi connectivity index (χ4n) is 3.26. The molecular weight excluding hydrogens is 571 g/mol. The molecule has 1 aromatic carbocycles. The highest BCUT2D eigenvalue weighted by molar-refractivity contribution is 14.1. The second kappa shape index (κ2) is 8.07. The summed E-state index contributed by atoms with van der Waals surface area (Å²) in [5.41, 5.74) is 1.35. The van der Waals surface area contributed by atoms with Gasteiger partial charge >= 0.3 is 17.4 Å². The molecule has 0 unspecified atom stereocenters. The largest absolute Gasteiger partial charge is 0.445 e. The normalized spacial score (nSPS) is 15.0. The number of nitrogens with one attached hydrogen (secondary N) is 1. The number of thioether (sulfide) groups is 1. The molecule has 7 nitrogen and oxygen atoms in total. The Bertz CT molecular complexity index is 1170. The molecule has 1 amide bonds.